The molecule has 0 saturated carbocycles. The molecule has 2 heteroatoms. The van der Waals surface area contributed by atoms with Gasteiger partial charge < -0.3 is 4.74 Å². The predicted molar refractivity (Wildman–Crippen MR) is 49.1 cm³/mol. The van der Waals surface area contributed by atoms with Gasteiger partial charge in [-0.25, -0.2) is 0 Å². The molecule has 0 aliphatic rings. The highest BCUT2D eigenvalue weighted by Gasteiger charge is 1.96. The topological polar surface area (TPSA) is 21.6 Å². The lowest BCUT2D eigenvalue weighted by Gasteiger charge is -2.05. The van der Waals surface area contributed by atoms with Crippen molar-refractivity contribution in [3.8, 4) is 0 Å². The van der Waals surface area contributed by atoms with Crippen molar-refractivity contribution >= 4 is 5.90 Å². The monoisotopic (exact) mass is 157 g/mol. The maximum absolute atomic E-state index is 5.19. The first kappa shape index (κ1) is 10.5. The van der Waals surface area contributed by atoms with Crippen LogP contribution in [0.5, 0.6) is 0 Å². The van der Waals surface area contributed by atoms with Crippen molar-refractivity contribution in [3.63, 3.8) is 0 Å². The van der Waals surface area contributed by atoms with Gasteiger partial charge in [0.15, 0.2) is 5.90 Å². The molecule has 0 aromatic heterocycles. The van der Waals surface area contributed by atoms with Gasteiger partial charge in [0, 0.05) is 13.5 Å². The minimum absolute atomic E-state index is 0.672. The molecule has 0 N–H and O–H groups in total. The lowest BCUT2D eigenvalue weighted by Crippen LogP contribution is -2.04. The van der Waals surface area contributed by atoms with Crippen molar-refractivity contribution < 1.29 is 4.74 Å². The Hall–Kier alpha value is -0.530. The van der Waals surface area contributed by atoms with E-state index in [4.69, 9.17) is 4.74 Å². The van der Waals surface area contributed by atoms with Crippen molar-refractivity contribution in [2.75, 3.05) is 13.2 Å². The molecule has 0 saturated heterocycles. The molecule has 2 nitrogen and oxygen atoms in total. The highest BCUT2D eigenvalue weighted by Crippen LogP contribution is 2.00. The minimum Gasteiger partial charge on any atom is -0.481 e. The molecule has 11 heavy (non-hydrogen) atoms. The Morgan fingerprint density at radius 3 is 2.55 bits per heavy atom. The summed E-state index contributed by atoms with van der Waals surface area (Å²) in [6.45, 7) is 9.87. The molecule has 0 rings (SSSR count). The van der Waals surface area contributed by atoms with Crippen LogP contribution in [0.3, 0.4) is 0 Å². The second-order valence-corrected chi connectivity index (χ2v) is 2.81. The zero-order chi connectivity index (χ0) is 8.69. The van der Waals surface area contributed by atoms with Crippen LogP contribution in [0.1, 0.15) is 34.1 Å². The average molecular weight is 157 g/mol. The molecule has 0 fully saturated rings. The molecule has 66 valence electrons. The Balaban J connectivity index is 3.54. The first-order valence-corrected chi connectivity index (χ1v) is 4.34. The van der Waals surface area contributed by atoms with E-state index in [2.05, 4.69) is 18.8 Å². The molecule has 0 aromatic rings. The lowest BCUT2D eigenvalue weighted by molar-refractivity contribution is 0.321. The zero-order valence-corrected chi connectivity index (χ0v) is 8.05. The summed E-state index contributed by atoms with van der Waals surface area (Å²) < 4.78 is 5.19. The first-order valence-electron chi connectivity index (χ1n) is 4.34. The van der Waals surface area contributed by atoms with Crippen molar-refractivity contribution in [2.24, 2.45) is 10.9 Å². The van der Waals surface area contributed by atoms with Crippen LogP contribution < -0.4 is 0 Å². The molecular formula is C9H19NO. The molecule has 0 aromatic carbocycles. The third-order valence-corrected chi connectivity index (χ3v) is 1.68. The van der Waals surface area contributed by atoms with E-state index in [0.29, 0.717) is 5.92 Å². The Morgan fingerprint density at radius 1 is 1.45 bits per heavy atom. The number of hydrogen-bond donors (Lipinski definition) is 0. The van der Waals surface area contributed by atoms with Crippen LogP contribution >= 0.6 is 0 Å². The van der Waals surface area contributed by atoms with Gasteiger partial charge in [-0.1, -0.05) is 20.3 Å². The van der Waals surface area contributed by atoms with E-state index in [9.17, 15) is 0 Å². The van der Waals surface area contributed by atoms with Crippen LogP contribution in [-0.4, -0.2) is 19.0 Å². The fourth-order valence-corrected chi connectivity index (χ4v) is 0.668. The predicted octanol–water partition coefficient (Wildman–Crippen LogP) is 2.49. The molecule has 0 heterocycles. The number of aliphatic imine (C=N–C) groups is 1. The van der Waals surface area contributed by atoms with E-state index in [1.54, 1.807) is 0 Å². The summed E-state index contributed by atoms with van der Waals surface area (Å²) in [6.07, 6.45) is 1.18. The van der Waals surface area contributed by atoms with E-state index in [-0.39, 0.29) is 0 Å². The molecule has 0 spiro atoms. The van der Waals surface area contributed by atoms with Gasteiger partial charge in [-0.05, 0) is 12.8 Å². The Morgan fingerprint density at radius 2 is 2.09 bits per heavy atom. The third kappa shape index (κ3) is 5.89. The summed E-state index contributed by atoms with van der Waals surface area (Å²) in [5, 5.41) is 0. The molecule has 0 bridgehead atoms. The highest BCUT2D eigenvalue weighted by atomic mass is 16.5. The number of ether oxygens (including phenoxy) is 1. The summed E-state index contributed by atoms with van der Waals surface area (Å²) in [5.41, 5.74) is 0. The Kier molecular flexibility index (Phi) is 5.90. The van der Waals surface area contributed by atoms with E-state index < -0.39 is 0 Å². The molecule has 1 atom stereocenters. The van der Waals surface area contributed by atoms with Gasteiger partial charge in [-0.2, -0.15) is 0 Å². The normalized spacial score (nSPS) is 14.7. The number of nitrogens with zero attached hydrogens (tertiary/aromatic N) is 1. The van der Waals surface area contributed by atoms with Gasteiger partial charge in [-0.3, -0.25) is 4.99 Å². The van der Waals surface area contributed by atoms with Gasteiger partial charge in [0.2, 0.25) is 0 Å². The van der Waals surface area contributed by atoms with Crippen LogP contribution in [0.15, 0.2) is 4.99 Å². The van der Waals surface area contributed by atoms with Crippen LogP contribution in [0, 0.1) is 5.92 Å². The molecule has 0 aliphatic carbocycles. The molecular weight excluding hydrogens is 138 g/mol. The minimum atomic E-state index is 0.672. The summed E-state index contributed by atoms with van der Waals surface area (Å²) >= 11 is 0. The Bertz CT molecular complexity index is 121. The largest absolute Gasteiger partial charge is 0.481 e. The summed E-state index contributed by atoms with van der Waals surface area (Å²) in [5.74, 6) is 1.48. The molecule has 0 amide bonds. The Labute approximate surface area is 69.7 Å². The highest BCUT2D eigenvalue weighted by molar-refractivity contribution is 5.72. The summed E-state index contributed by atoms with van der Waals surface area (Å²) in [4.78, 5) is 4.28. The van der Waals surface area contributed by atoms with Crippen molar-refractivity contribution in [2.45, 2.75) is 34.1 Å². The van der Waals surface area contributed by atoms with Crippen LogP contribution in [0.4, 0.5) is 0 Å². The molecule has 0 aliphatic heterocycles. The maximum Gasteiger partial charge on any atom is 0.179 e. The fraction of sp³-hybridized carbons (Fsp3) is 0.889. The summed E-state index contributed by atoms with van der Waals surface area (Å²) in [7, 11) is 0. The van der Waals surface area contributed by atoms with Gasteiger partial charge in [0.05, 0.1) is 6.61 Å². The number of rotatable bonds is 4. The van der Waals surface area contributed by atoms with Crippen LogP contribution in [0.2, 0.25) is 0 Å². The van der Waals surface area contributed by atoms with Gasteiger partial charge in [0.1, 0.15) is 0 Å². The van der Waals surface area contributed by atoms with E-state index >= 15 is 0 Å². The van der Waals surface area contributed by atoms with Gasteiger partial charge in [0.25, 0.3) is 0 Å². The van der Waals surface area contributed by atoms with E-state index in [1.165, 1.54) is 6.42 Å². The summed E-state index contributed by atoms with van der Waals surface area (Å²) in [6, 6.07) is 0. The standard InChI is InChI=1S/C9H19NO/c1-5-8(3)7-10-9(4)11-6-2/h8H,5-7H2,1-4H3. The smallest absolute Gasteiger partial charge is 0.179 e. The number of hydrogen-bond acceptors (Lipinski definition) is 2. The second kappa shape index (κ2) is 6.20. The average Bonchev–Trinajstić information content (AvgIpc) is 2.01. The fourth-order valence-electron chi connectivity index (χ4n) is 0.668. The molecule has 0 radical (unpaired) electrons. The van der Waals surface area contributed by atoms with Crippen LogP contribution in [-0.2, 0) is 4.74 Å². The molecule has 1 unspecified atom stereocenters. The van der Waals surface area contributed by atoms with Gasteiger partial charge >= 0.3 is 0 Å². The van der Waals surface area contributed by atoms with Crippen molar-refractivity contribution in [1.29, 1.82) is 0 Å². The first-order chi connectivity index (χ1) is 5.20. The van der Waals surface area contributed by atoms with E-state index in [0.717, 1.165) is 19.0 Å². The zero-order valence-electron chi connectivity index (χ0n) is 8.05. The van der Waals surface area contributed by atoms with Gasteiger partial charge in [-0.15, -0.1) is 0 Å². The van der Waals surface area contributed by atoms with Crippen molar-refractivity contribution in [3.05, 3.63) is 0 Å². The third-order valence-electron chi connectivity index (χ3n) is 1.68. The lowest BCUT2D eigenvalue weighted by atomic mass is 10.1. The SMILES string of the molecule is CCOC(C)=NCC(C)CC. The van der Waals surface area contributed by atoms with E-state index in [1.807, 2.05) is 13.8 Å². The maximum atomic E-state index is 5.19. The second-order valence-electron chi connectivity index (χ2n) is 2.81. The quantitative estimate of drug-likeness (QED) is 0.454. The van der Waals surface area contributed by atoms with Crippen LogP contribution in [0.25, 0.3) is 0 Å². The van der Waals surface area contributed by atoms with Crippen molar-refractivity contribution in [1.82, 2.24) is 0 Å².